The van der Waals surface area contributed by atoms with Crippen LogP contribution < -0.4 is 10.1 Å². The summed E-state index contributed by atoms with van der Waals surface area (Å²) in [4.78, 5) is 26.6. The number of hydrogen-bond acceptors (Lipinski definition) is 3. The first kappa shape index (κ1) is 18.8. The predicted octanol–water partition coefficient (Wildman–Crippen LogP) is 3.46. The van der Waals surface area contributed by atoms with Gasteiger partial charge in [-0.15, -0.1) is 0 Å². The summed E-state index contributed by atoms with van der Waals surface area (Å²) in [6, 6.07) is 10.3. The zero-order valence-electron chi connectivity index (χ0n) is 14.9. The minimum absolute atomic E-state index is 0.132. The Hall–Kier alpha value is -2.96. The van der Waals surface area contributed by atoms with Gasteiger partial charge in [0.05, 0.1) is 7.11 Å². The van der Waals surface area contributed by atoms with Crippen molar-refractivity contribution in [2.75, 3.05) is 25.5 Å². The fourth-order valence-electron chi connectivity index (χ4n) is 3.13. The zero-order valence-corrected chi connectivity index (χ0v) is 14.9. The molecule has 0 bridgehead atoms. The number of carbonyl (C=O) groups excluding carboxylic acids is 2. The van der Waals surface area contributed by atoms with Gasteiger partial charge in [-0.2, -0.15) is 0 Å². The lowest BCUT2D eigenvalue weighted by Gasteiger charge is -2.31. The van der Waals surface area contributed by atoms with E-state index in [1.807, 2.05) is 0 Å². The summed E-state index contributed by atoms with van der Waals surface area (Å²) in [5, 5.41) is 2.33. The minimum atomic E-state index is -0.811. The lowest BCUT2D eigenvalue weighted by Crippen LogP contribution is -2.41. The molecular formula is C20H20F2N2O3. The number of para-hydroxylation sites is 1. The number of ether oxygens (including phenoxy) is 1. The van der Waals surface area contributed by atoms with Crippen LogP contribution in [0.5, 0.6) is 5.75 Å². The summed E-state index contributed by atoms with van der Waals surface area (Å²) in [6.07, 6.45) is 0.856. The average molecular weight is 374 g/mol. The molecule has 1 aliphatic rings. The van der Waals surface area contributed by atoms with Crippen molar-refractivity contribution in [1.29, 1.82) is 0 Å². The van der Waals surface area contributed by atoms with E-state index in [4.69, 9.17) is 4.74 Å². The lowest BCUT2D eigenvalue weighted by atomic mass is 9.95. The molecule has 3 rings (SSSR count). The number of halogens is 2. The van der Waals surface area contributed by atoms with Crippen molar-refractivity contribution in [3.8, 4) is 5.75 Å². The molecule has 0 spiro atoms. The Balaban J connectivity index is 1.59. The van der Waals surface area contributed by atoms with Crippen LogP contribution in [0.25, 0.3) is 0 Å². The first-order chi connectivity index (χ1) is 13.0. The number of nitrogens with zero attached hydrogens (tertiary/aromatic N) is 1. The smallest absolute Gasteiger partial charge is 0.253 e. The molecule has 2 amide bonds. The Bertz CT molecular complexity index is 829. The summed E-state index contributed by atoms with van der Waals surface area (Å²) >= 11 is 0. The van der Waals surface area contributed by atoms with E-state index < -0.39 is 29.1 Å². The van der Waals surface area contributed by atoms with Gasteiger partial charge in [-0.1, -0.05) is 12.1 Å². The van der Waals surface area contributed by atoms with Crippen LogP contribution in [-0.2, 0) is 4.79 Å². The van der Waals surface area contributed by atoms with Crippen molar-refractivity contribution in [1.82, 2.24) is 4.90 Å². The topological polar surface area (TPSA) is 58.6 Å². The van der Waals surface area contributed by atoms with Crippen molar-refractivity contribution in [2.24, 2.45) is 5.92 Å². The molecule has 0 aliphatic carbocycles. The molecule has 2 aromatic rings. The number of carbonyl (C=O) groups is 2. The van der Waals surface area contributed by atoms with Crippen molar-refractivity contribution in [3.63, 3.8) is 0 Å². The van der Waals surface area contributed by atoms with Crippen molar-refractivity contribution < 1.29 is 23.1 Å². The van der Waals surface area contributed by atoms with Crippen LogP contribution in [0.15, 0.2) is 42.5 Å². The molecule has 142 valence electrons. The molecule has 1 heterocycles. The molecule has 27 heavy (non-hydrogen) atoms. The van der Waals surface area contributed by atoms with Gasteiger partial charge in [-0.05, 0) is 43.2 Å². The van der Waals surface area contributed by atoms with Gasteiger partial charge in [-0.3, -0.25) is 9.59 Å². The number of piperidine rings is 1. The van der Waals surface area contributed by atoms with Crippen LogP contribution in [0, 0.1) is 17.6 Å². The van der Waals surface area contributed by atoms with Gasteiger partial charge in [0.2, 0.25) is 5.91 Å². The second-order valence-electron chi connectivity index (χ2n) is 6.38. The molecule has 1 aliphatic heterocycles. The fraction of sp³-hybridized carbons (Fsp3) is 0.300. The van der Waals surface area contributed by atoms with Gasteiger partial charge >= 0.3 is 0 Å². The molecule has 7 heteroatoms. The van der Waals surface area contributed by atoms with Crippen LogP contribution in [0.3, 0.4) is 0 Å². The summed E-state index contributed by atoms with van der Waals surface area (Å²) in [6.45, 7) is 0.793. The normalized spacial score (nSPS) is 14.7. The number of methoxy groups -OCH3 is 1. The van der Waals surface area contributed by atoms with Gasteiger partial charge in [0.1, 0.15) is 23.1 Å². The molecule has 1 N–H and O–H groups in total. The number of benzene rings is 2. The van der Waals surface area contributed by atoms with Gasteiger partial charge in [0.25, 0.3) is 5.91 Å². The van der Waals surface area contributed by atoms with E-state index >= 15 is 0 Å². The number of rotatable bonds is 4. The highest BCUT2D eigenvalue weighted by Gasteiger charge is 2.28. The van der Waals surface area contributed by atoms with E-state index in [0.29, 0.717) is 37.2 Å². The molecule has 5 nitrogen and oxygen atoms in total. The number of nitrogens with one attached hydrogen (secondary N) is 1. The SMILES string of the molecule is COc1cccc(C(=O)N2CCC(C(=O)Nc3c(F)cccc3F)CC2)c1. The van der Waals surface area contributed by atoms with Crippen LogP contribution in [0.1, 0.15) is 23.2 Å². The summed E-state index contributed by atoms with van der Waals surface area (Å²) in [7, 11) is 1.53. The summed E-state index contributed by atoms with van der Waals surface area (Å²) in [5.74, 6) is -2.00. The fourth-order valence-corrected chi connectivity index (χ4v) is 3.13. The quantitative estimate of drug-likeness (QED) is 0.892. The minimum Gasteiger partial charge on any atom is -0.497 e. The lowest BCUT2D eigenvalue weighted by molar-refractivity contribution is -0.121. The monoisotopic (exact) mass is 374 g/mol. The van der Waals surface area contributed by atoms with Gasteiger partial charge in [0, 0.05) is 24.6 Å². The Morgan fingerprint density at radius 3 is 2.33 bits per heavy atom. The number of hydrogen-bond donors (Lipinski definition) is 1. The van der Waals surface area contributed by atoms with E-state index in [9.17, 15) is 18.4 Å². The maximum Gasteiger partial charge on any atom is 0.253 e. The first-order valence-corrected chi connectivity index (χ1v) is 8.68. The molecule has 0 radical (unpaired) electrons. The third-order valence-electron chi connectivity index (χ3n) is 4.68. The van der Waals surface area contributed by atoms with Crippen molar-refractivity contribution >= 4 is 17.5 Å². The molecule has 1 saturated heterocycles. The van der Waals surface area contributed by atoms with E-state index in [1.165, 1.54) is 13.2 Å². The van der Waals surface area contributed by atoms with E-state index in [2.05, 4.69) is 5.32 Å². The van der Waals surface area contributed by atoms with E-state index in [0.717, 1.165) is 12.1 Å². The summed E-state index contributed by atoms with van der Waals surface area (Å²) in [5.41, 5.74) is 0.0862. The predicted molar refractivity (Wildman–Crippen MR) is 96.6 cm³/mol. The molecule has 0 saturated carbocycles. The zero-order chi connectivity index (χ0) is 19.4. The third kappa shape index (κ3) is 4.24. The van der Waals surface area contributed by atoms with Gasteiger partial charge < -0.3 is 15.0 Å². The van der Waals surface area contributed by atoms with E-state index in [-0.39, 0.29) is 5.91 Å². The summed E-state index contributed by atoms with van der Waals surface area (Å²) < 4.78 is 32.5. The second kappa shape index (κ2) is 8.16. The van der Waals surface area contributed by atoms with Crippen molar-refractivity contribution in [3.05, 3.63) is 59.7 Å². The highest BCUT2D eigenvalue weighted by molar-refractivity contribution is 5.95. The Morgan fingerprint density at radius 2 is 1.70 bits per heavy atom. The van der Waals surface area contributed by atoms with Crippen molar-refractivity contribution in [2.45, 2.75) is 12.8 Å². The van der Waals surface area contributed by atoms with Crippen LogP contribution in [0.2, 0.25) is 0 Å². The second-order valence-corrected chi connectivity index (χ2v) is 6.38. The maximum atomic E-state index is 13.7. The third-order valence-corrected chi connectivity index (χ3v) is 4.68. The number of anilines is 1. The van der Waals surface area contributed by atoms with E-state index in [1.54, 1.807) is 29.2 Å². The molecule has 0 aromatic heterocycles. The standard InChI is InChI=1S/C20H20F2N2O3/c1-27-15-5-2-4-14(12-15)20(26)24-10-8-13(9-11-24)19(25)23-18-16(21)6-3-7-17(18)22/h2-7,12-13H,8-11H2,1H3,(H,23,25). The van der Waals surface area contributed by atoms with Crippen LogP contribution >= 0.6 is 0 Å². The molecule has 2 aromatic carbocycles. The Morgan fingerprint density at radius 1 is 1.07 bits per heavy atom. The molecule has 1 fully saturated rings. The number of likely N-dealkylation sites (tertiary alicyclic amines) is 1. The average Bonchev–Trinajstić information content (AvgIpc) is 2.70. The largest absolute Gasteiger partial charge is 0.497 e. The first-order valence-electron chi connectivity index (χ1n) is 8.68. The van der Waals surface area contributed by atoms with Crippen LogP contribution in [-0.4, -0.2) is 36.9 Å². The number of amides is 2. The maximum absolute atomic E-state index is 13.7. The molecule has 0 atom stereocenters. The molecule has 0 unspecified atom stereocenters. The van der Waals surface area contributed by atoms with Gasteiger partial charge in [0.15, 0.2) is 0 Å². The highest BCUT2D eigenvalue weighted by atomic mass is 19.1. The molecular weight excluding hydrogens is 354 g/mol. The van der Waals surface area contributed by atoms with Crippen LogP contribution in [0.4, 0.5) is 14.5 Å². The van der Waals surface area contributed by atoms with Gasteiger partial charge in [-0.25, -0.2) is 8.78 Å². The Kier molecular flexibility index (Phi) is 5.69. The Labute approximate surface area is 155 Å². The highest BCUT2D eigenvalue weighted by Crippen LogP contribution is 2.24.